The second kappa shape index (κ2) is 3.23. The molecule has 0 fully saturated rings. The van der Waals surface area contributed by atoms with Gasteiger partial charge in [0.25, 0.3) is 0 Å². The van der Waals surface area contributed by atoms with Crippen molar-refractivity contribution in [3.8, 4) is 11.1 Å². The highest BCUT2D eigenvalue weighted by Gasteiger charge is 2.32. The molecule has 1 aliphatic rings. The molecule has 2 nitrogen and oxygen atoms in total. The van der Waals surface area contributed by atoms with Gasteiger partial charge in [-0.25, -0.2) is 0 Å². The zero-order valence-electron chi connectivity index (χ0n) is 7.88. The number of fused-ring (bicyclic) bond motifs is 3. The highest BCUT2D eigenvalue weighted by molar-refractivity contribution is 7.15. The Balaban J connectivity index is 2.44. The Labute approximate surface area is 106 Å². The SMILES string of the molecule is Nc1scc2c1C(=O)c1ccc(Cl)c(Cl)c1-2. The van der Waals surface area contributed by atoms with E-state index in [4.69, 9.17) is 28.9 Å². The highest BCUT2D eigenvalue weighted by Crippen LogP contribution is 2.47. The maximum atomic E-state index is 12.1. The molecule has 16 heavy (non-hydrogen) atoms. The average molecular weight is 270 g/mol. The van der Waals surface area contributed by atoms with Crippen LogP contribution in [-0.4, -0.2) is 5.78 Å². The second-order valence-corrected chi connectivity index (χ2v) is 5.20. The predicted molar refractivity (Wildman–Crippen MR) is 67.6 cm³/mol. The molecule has 0 spiro atoms. The van der Waals surface area contributed by atoms with E-state index in [0.717, 1.165) is 5.56 Å². The Morgan fingerprint density at radius 1 is 1.12 bits per heavy atom. The summed E-state index contributed by atoms with van der Waals surface area (Å²) in [6.07, 6.45) is 0. The lowest BCUT2D eigenvalue weighted by atomic mass is 10.1. The fourth-order valence-electron chi connectivity index (χ4n) is 1.93. The van der Waals surface area contributed by atoms with Gasteiger partial charge in [0.05, 0.1) is 20.6 Å². The zero-order valence-corrected chi connectivity index (χ0v) is 10.2. The molecule has 1 aliphatic carbocycles. The predicted octanol–water partition coefficient (Wildman–Crippen LogP) is 3.85. The Kier molecular flexibility index (Phi) is 2.05. The first-order chi connectivity index (χ1) is 7.61. The van der Waals surface area contributed by atoms with Crippen molar-refractivity contribution in [2.45, 2.75) is 0 Å². The number of anilines is 1. The first-order valence-electron chi connectivity index (χ1n) is 4.51. The molecule has 1 aromatic heterocycles. The third kappa shape index (κ3) is 1.11. The lowest BCUT2D eigenvalue weighted by Gasteiger charge is -2.02. The minimum absolute atomic E-state index is 0.0673. The Bertz CT molecular complexity index is 633. The normalized spacial score (nSPS) is 12.8. The van der Waals surface area contributed by atoms with Crippen LogP contribution in [0.15, 0.2) is 17.5 Å². The second-order valence-electron chi connectivity index (χ2n) is 3.50. The van der Waals surface area contributed by atoms with E-state index in [2.05, 4.69) is 0 Å². The molecule has 0 bridgehead atoms. The van der Waals surface area contributed by atoms with Crippen LogP contribution in [0.1, 0.15) is 15.9 Å². The summed E-state index contributed by atoms with van der Waals surface area (Å²) in [5.74, 6) is -0.0673. The van der Waals surface area contributed by atoms with Gasteiger partial charge < -0.3 is 5.73 Å². The van der Waals surface area contributed by atoms with Crippen LogP contribution in [0.4, 0.5) is 5.00 Å². The van der Waals surface area contributed by atoms with E-state index in [1.165, 1.54) is 11.3 Å². The van der Waals surface area contributed by atoms with Crippen molar-refractivity contribution in [1.29, 1.82) is 0 Å². The van der Waals surface area contributed by atoms with Crippen molar-refractivity contribution in [2.24, 2.45) is 0 Å². The molecule has 2 aromatic rings. The number of halogens is 2. The van der Waals surface area contributed by atoms with Crippen molar-refractivity contribution in [2.75, 3.05) is 5.73 Å². The molecule has 0 saturated heterocycles. The standard InChI is InChI=1S/C11H5Cl2NOS/c12-6-2-1-4-7(9(6)13)5-3-16-11(14)8(5)10(4)15/h1-3H,14H2. The van der Waals surface area contributed by atoms with Crippen molar-refractivity contribution >= 4 is 45.3 Å². The number of thiophene rings is 1. The number of carbonyl (C=O) groups excluding carboxylic acids is 1. The van der Waals surface area contributed by atoms with E-state index in [1.54, 1.807) is 12.1 Å². The molecule has 0 atom stereocenters. The fraction of sp³-hybridized carbons (Fsp3) is 0. The number of hydrogen-bond donors (Lipinski definition) is 1. The fourth-order valence-corrected chi connectivity index (χ4v) is 3.15. The molecular formula is C11H5Cl2NOS. The van der Waals surface area contributed by atoms with E-state index in [1.807, 2.05) is 5.38 Å². The van der Waals surface area contributed by atoms with Crippen LogP contribution in [0, 0.1) is 0 Å². The Morgan fingerprint density at radius 2 is 1.88 bits per heavy atom. The van der Waals surface area contributed by atoms with E-state index in [-0.39, 0.29) is 5.78 Å². The lowest BCUT2D eigenvalue weighted by Crippen LogP contribution is -1.97. The minimum Gasteiger partial charge on any atom is -0.390 e. The maximum absolute atomic E-state index is 12.1. The third-order valence-corrected chi connectivity index (χ3v) is 4.27. The van der Waals surface area contributed by atoms with Gasteiger partial charge in [-0.05, 0) is 12.1 Å². The van der Waals surface area contributed by atoms with E-state index in [0.29, 0.717) is 31.7 Å². The largest absolute Gasteiger partial charge is 0.390 e. The Morgan fingerprint density at radius 3 is 2.62 bits per heavy atom. The number of rotatable bonds is 0. The quantitative estimate of drug-likeness (QED) is 0.674. The van der Waals surface area contributed by atoms with Gasteiger partial charge in [0, 0.05) is 22.1 Å². The van der Waals surface area contributed by atoms with Gasteiger partial charge in [-0.2, -0.15) is 0 Å². The number of nitrogens with two attached hydrogens (primary N) is 1. The smallest absolute Gasteiger partial charge is 0.197 e. The summed E-state index contributed by atoms with van der Waals surface area (Å²) in [5, 5.41) is 3.25. The molecule has 2 N–H and O–H groups in total. The molecule has 80 valence electrons. The number of carbonyl (C=O) groups is 1. The molecular weight excluding hydrogens is 265 g/mol. The molecule has 1 aromatic carbocycles. The minimum atomic E-state index is -0.0673. The van der Waals surface area contributed by atoms with Gasteiger partial charge in [-0.1, -0.05) is 23.2 Å². The van der Waals surface area contributed by atoms with Gasteiger partial charge >= 0.3 is 0 Å². The Hall–Kier alpha value is -1.03. The van der Waals surface area contributed by atoms with E-state index < -0.39 is 0 Å². The summed E-state index contributed by atoms with van der Waals surface area (Å²) in [5.41, 5.74) is 8.42. The van der Waals surface area contributed by atoms with Gasteiger partial charge in [0.15, 0.2) is 5.78 Å². The average Bonchev–Trinajstić information content (AvgIpc) is 2.75. The summed E-state index contributed by atoms with van der Waals surface area (Å²) in [6, 6.07) is 3.32. The molecule has 5 heteroatoms. The van der Waals surface area contributed by atoms with Gasteiger partial charge in [0.2, 0.25) is 0 Å². The lowest BCUT2D eigenvalue weighted by molar-refractivity contribution is 0.104. The van der Waals surface area contributed by atoms with Crippen LogP contribution < -0.4 is 5.73 Å². The summed E-state index contributed by atoms with van der Waals surface area (Å²) in [7, 11) is 0. The molecule has 0 amide bonds. The first-order valence-corrected chi connectivity index (χ1v) is 6.15. The monoisotopic (exact) mass is 269 g/mol. The van der Waals surface area contributed by atoms with E-state index >= 15 is 0 Å². The van der Waals surface area contributed by atoms with Gasteiger partial charge in [-0.15, -0.1) is 11.3 Å². The maximum Gasteiger partial charge on any atom is 0.197 e. The molecule has 0 saturated carbocycles. The van der Waals surface area contributed by atoms with E-state index in [9.17, 15) is 4.79 Å². The molecule has 0 aliphatic heterocycles. The van der Waals surface area contributed by atoms with Crippen molar-refractivity contribution in [1.82, 2.24) is 0 Å². The van der Waals surface area contributed by atoms with Crippen LogP contribution in [0.5, 0.6) is 0 Å². The number of hydrogen-bond acceptors (Lipinski definition) is 3. The van der Waals surface area contributed by atoms with Gasteiger partial charge in [-0.3, -0.25) is 4.79 Å². The van der Waals surface area contributed by atoms with Crippen molar-refractivity contribution in [3.05, 3.63) is 38.7 Å². The van der Waals surface area contributed by atoms with Crippen LogP contribution in [0.3, 0.4) is 0 Å². The first kappa shape index (κ1) is 10.1. The summed E-state index contributed by atoms with van der Waals surface area (Å²) < 4.78 is 0. The zero-order chi connectivity index (χ0) is 11.4. The van der Waals surface area contributed by atoms with Crippen LogP contribution in [0.25, 0.3) is 11.1 Å². The third-order valence-electron chi connectivity index (χ3n) is 2.66. The highest BCUT2D eigenvalue weighted by atomic mass is 35.5. The number of benzene rings is 1. The molecule has 0 unspecified atom stereocenters. The molecule has 1 heterocycles. The number of ketones is 1. The summed E-state index contributed by atoms with van der Waals surface area (Å²) >= 11 is 13.4. The van der Waals surface area contributed by atoms with Gasteiger partial charge in [0.1, 0.15) is 0 Å². The van der Waals surface area contributed by atoms with Crippen molar-refractivity contribution in [3.63, 3.8) is 0 Å². The summed E-state index contributed by atoms with van der Waals surface area (Å²) in [6.45, 7) is 0. The molecule has 0 radical (unpaired) electrons. The summed E-state index contributed by atoms with van der Waals surface area (Å²) in [4.78, 5) is 12.1. The van der Waals surface area contributed by atoms with Crippen LogP contribution in [0.2, 0.25) is 10.0 Å². The topological polar surface area (TPSA) is 43.1 Å². The van der Waals surface area contributed by atoms with Crippen LogP contribution >= 0.6 is 34.5 Å². The molecule has 3 rings (SSSR count). The number of nitrogen functional groups attached to an aromatic ring is 1. The van der Waals surface area contributed by atoms with Crippen molar-refractivity contribution < 1.29 is 4.79 Å². The van der Waals surface area contributed by atoms with Crippen LogP contribution in [-0.2, 0) is 0 Å².